The molecule has 0 spiro atoms. The highest BCUT2D eigenvalue weighted by Crippen LogP contribution is 2.57. The monoisotopic (exact) mass is 370 g/mol. The Balaban J connectivity index is 1.78. The van der Waals surface area contributed by atoms with Crippen LogP contribution in [0.15, 0.2) is 35.4 Å². The molecule has 1 aromatic rings. The van der Waals surface area contributed by atoms with Crippen LogP contribution in [-0.2, 0) is 14.3 Å². The average Bonchev–Trinajstić information content (AvgIpc) is 3.18. The first-order chi connectivity index (χ1) is 12.8. The fraction of sp³-hybridized carbons (Fsp3) is 0.476. The first-order valence-electron chi connectivity index (χ1n) is 9.31. The number of rotatable bonds is 5. The topological polar surface area (TPSA) is 95.5 Å². The lowest BCUT2D eigenvalue weighted by Crippen LogP contribution is -2.43. The van der Waals surface area contributed by atoms with Crippen LogP contribution < -0.4 is 10.4 Å². The smallest absolute Gasteiger partial charge is 0.338 e. The molecular formula is C21H24NO5-. The Morgan fingerprint density at radius 3 is 2.19 bits per heavy atom. The number of carboxylic acid groups (broad SMARTS) is 1. The van der Waals surface area contributed by atoms with Crippen molar-refractivity contribution in [2.24, 2.45) is 23.7 Å². The number of carbonyl (C=O) groups excluding carboxylic acids is 3. The molecule has 2 fully saturated rings. The van der Waals surface area contributed by atoms with Crippen molar-refractivity contribution in [3.8, 4) is 0 Å². The van der Waals surface area contributed by atoms with Crippen molar-refractivity contribution < 1.29 is 24.2 Å². The normalized spacial score (nSPS) is 26.0. The third kappa shape index (κ3) is 3.48. The van der Waals surface area contributed by atoms with E-state index in [1.54, 1.807) is 31.2 Å². The summed E-state index contributed by atoms with van der Waals surface area (Å²) in [6.07, 6.45) is 1.62. The summed E-state index contributed by atoms with van der Waals surface area (Å²) in [5.74, 6) is -3.43. The summed E-state index contributed by atoms with van der Waals surface area (Å²) in [6.45, 7) is 5.97. The van der Waals surface area contributed by atoms with Crippen LogP contribution in [0.4, 0.5) is 5.69 Å². The van der Waals surface area contributed by atoms with E-state index in [1.807, 2.05) is 13.8 Å². The van der Waals surface area contributed by atoms with E-state index in [2.05, 4.69) is 5.32 Å². The van der Waals surface area contributed by atoms with Gasteiger partial charge in [0.2, 0.25) is 5.91 Å². The zero-order chi connectivity index (χ0) is 19.7. The Morgan fingerprint density at radius 2 is 1.67 bits per heavy atom. The van der Waals surface area contributed by atoms with Gasteiger partial charge in [-0.1, -0.05) is 11.1 Å². The number of aliphatic carboxylic acids is 1. The molecule has 1 N–H and O–H groups in total. The van der Waals surface area contributed by atoms with Crippen LogP contribution in [0.3, 0.4) is 0 Å². The van der Waals surface area contributed by atoms with Gasteiger partial charge >= 0.3 is 5.97 Å². The summed E-state index contributed by atoms with van der Waals surface area (Å²) < 4.78 is 4.93. The molecular weight excluding hydrogens is 346 g/mol. The van der Waals surface area contributed by atoms with E-state index < -0.39 is 23.8 Å². The van der Waals surface area contributed by atoms with Gasteiger partial charge in [-0.2, -0.15) is 0 Å². The quantitative estimate of drug-likeness (QED) is 0.633. The molecule has 3 rings (SSSR count). The second-order valence-corrected chi connectivity index (χ2v) is 7.40. The molecule has 2 saturated carbocycles. The number of hydrogen-bond donors (Lipinski definition) is 1. The van der Waals surface area contributed by atoms with Crippen LogP contribution in [0.25, 0.3) is 0 Å². The van der Waals surface area contributed by atoms with E-state index in [1.165, 1.54) is 0 Å². The number of anilines is 1. The van der Waals surface area contributed by atoms with Crippen molar-refractivity contribution in [3.05, 3.63) is 41.0 Å². The van der Waals surface area contributed by atoms with Crippen LogP contribution in [0, 0.1) is 23.7 Å². The maximum atomic E-state index is 12.9. The van der Waals surface area contributed by atoms with Gasteiger partial charge in [0.15, 0.2) is 0 Å². The van der Waals surface area contributed by atoms with E-state index in [0.29, 0.717) is 17.9 Å². The van der Waals surface area contributed by atoms with E-state index in [-0.39, 0.29) is 17.7 Å². The summed E-state index contributed by atoms with van der Waals surface area (Å²) >= 11 is 0. The van der Waals surface area contributed by atoms with E-state index in [0.717, 1.165) is 24.0 Å². The predicted molar refractivity (Wildman–Crippen MR) is 97.6 cm³/mol. The lowest BCUT2D eigenvalue weighted by Gasteiger charge is -2.30. The fourth-order valence-corrected chi connectivity index (χ4v) is 4.72. The van der Waals surface area contributed by atoms with Gasteiger partial charge in [0.1, 0.15) is 0 Å². The van der Waals surface area contributed by atoms with Gasteiger partial charge in [-0.25, -0.2) is 4.79 Å². The third-order valence-electron chi connectivity index (χ3n) is 5.66. The van der Waals surface area contributed by atoms with Gasteiger partial charge < -0.3 is 20.0 Å². The summed E-state index contributed by atoms with van der Waals surface area (Å²) in [5.41, 5.74) is 3.13. The zero-order valence-corrected chi connectivity index (χ0v) is 15.8. The standard InChI is InChI=1S/C21H25NO5/c1-4-27-21(26)12-5-7-13(8-6-12)22-19(23)17-14-9-10-15(16(14)11(2)3)18(17)20(24)25/h5-8,14-15,17-18H,4,9-10H2,1-3H3,(H,22,23)(H,24,25)/p-1/t14-,15+,17-,18-/m0/s1. The van der Waals surface area contributed by atoms with Crippen molar-refractivity contribution in [2.75, 3.05) is 11.9 Å². The van der Waals surface area contributed by atoms with Gasteiger partial charge in [0, 0.05) is 17.6 Å². The lowest BCUT2D eigenvalue weighted by molar-refractivity contribution is -0.314. The van der Waals surface area contributed by atoms with Crippen LogP contribution >= 0.6 is 0 Å². The number of amides is 1. The number of hydrogen-bond acceptors (Lipinski definition) is 5. The average molecular weight is 370 g/mol. The maximum absolute atomic E-state index is 12.9. The molecule has 6 nitrogen and oxygen atoms in total. The highest BCUT2D eigenvalue weighted by molar-refractivity contribution is 5.97. The van der Waals surface area contributed by atoms with Crippen LogP contribution in [0.5, 0.6) is 0 Å². The predicted octanol–water partition coefficient (Wildman–Crippen LogP) is 2.16. The first-order valence-corrected chi connectivity index (χ1v) is 9.31. The number of ether oxygens (including phenoxy) is 1. The number of carboxylic acids is 1. The summed E-state index contributed by atoms with van der Waals surface area (Å²) in [6, 6.07) is 6.39. The third-order valence-corrected chi connectivity index (χ3v) is 5.66. The van der Waals surface area contributed by atoms with Crippen molar-refractivity contribution in [1.29, 1.82) is 0 Å². The molecule has 0 saturated heterocycles. The molecule has 4 atom stereocenters. The molecule has 6 heteroatoms. The molecule has 0 aromatic heterocycles. The van der Waals surface area contributed by atoms with Crippen LogP contribution in [0.1, 0.15) is 44.0 Å². The molecule has 0 aliphatic heterocycles. The SMILES string of the molecule is CCOC(=O)c1ccc(NC(=O)[C@@H]2[C@@H](C(=O)[O-])[C@@H]3CC[C@H]2C3=C(C)C)cc1. The lowest BCUT2D eigenvalue weighted by atomic mass is 9.78. The fourth-order valence-electron chi connectivity index (χ4n) is 4.72. The Hall–Kier alpha value is -2.63. The second-order valence-electron chi connectivity index (χ2n) is 7.40. The number of benzene rings is 1. The molecule has 0 radical (unpaired) electrons. The van der Waals surface area contributed by atoms with Gasteiger partial charge in [-0.05, 0) is 69.7 Å². The highest BCUT2D eigenvalue weighted by atomic mass is 16.5. The molecule has 2 aliphatic rings. The van der Waals surface area contributed by atoms with Crippen LogP contribution in [0.2, 0.25) is 0 Å². The largest absolute Gasteiger partial charge is 0.550 e. The van der Waals surface area contributed by atoms with Crippen molar-refractivity contribution in [1.82, 2.24) is 0 Å². The first kappa shape index (κ1) is 19.1. The summed E-state index contributed by atoms with van der Waals surface area (Å²) in [5, 5.41) is 14.5. The molecule has 0 heterocycles. The highest BCUT2D eigenvalue weighted by Gasteiger charge is 2.54. The minimum absolute atomic E-state index is 0.0401. The minimum Gasteiger partial charge on any atom is -0.550 e. The minimum atomic E-state index is -1.15. The van der Waals surface area contributed by atoms with Gasteiger partial charge in [-0.15, -0.1) is 0 Å². The molecule has 1 amide bonds. The van der Waals surface area contributed by atoms with Gasteiger partial charge in [0.05, 0.1) is 18.1 Å². The molecule has 27 heavy (non-hydrogen) atoms. The molecule has 1 aromatic carbocycles. The number of fused-ring (bicyclic) bond motifs is 2. The molecule has 144 valence electrons. The molecule has 0 unspecified atom stereocenters. The van der Waals surface area contributed by atoms with Crippen molar-refractivity contribution in [3.63, 3.8) is 0 Å². The van der Waals surface area contributed by atoms with Crippen molar-refractivity contribution >= 4 is 23.5 Å². The molecule has 2 aliphatic carbocycles. The molecule has 2 bridgehead atoms. The van der Waals surface area contributed by atoms with Gasteiger partial charge in [-0.3, -0.25) is 4.79 Å². The Bertz CT molecular complexity index is 791. The van der Waals surface area contributed by atoms with Crippen LogP contribution in [-0.4, -0.2) is 24.5 Å². The summed E-state index contributed by atoms with van der Waals surface area (Å²) in [4.78, 5) is 36.3. The Labute approximate surface area is 158 Å². The zero-order valence-electron chi connectivity index (χ0n) is 15.8. The van der Waals surface area contributed by atoms with Gasteiger partial charge in [0.25, 0.3) is 0 Å². The second kappa shape index (κ2) is 7.55. The van der Waals surface area contributed by atoms with Crippen molar-refractivity contribution in [2.45, 2.75) is 33.6 Å². The van der Waals surface area contributed by atoms with E-state index in [4.69, 9.17) is 4.74 Å². The number of esters is 1. The summed E-state index contributed by atoms with van der Waals surface area (Å²) in [7, 11) is 0. The number of allylic oxidation sites excluding steroid dienone is 2. The van der Waals surface area contributed by atoms with E-state index in [9.17, 15) is 19.5 Å². The number of carbonyl (C=O) groups is 3. The number of nitrogens with one attached hydrogen (secondary N) is 1. The van der Waals surface area contributed by atoms with E-state index >= 15 is 0 Å². The Kier molecular flexibility index (Phi) is 5.35. The Morgan fingerprint density at radius 1 is 1.07 bits per heavy atom. The maximum Gasteiger partial charge on any atom is 0.338 e.